The fourth-order valence-corrected chi connectivity index (χ4v) is 5.38. The zero-order chi connectivity index (χ0) is 22.4. The summed E-state index contributed by atoms with van der Waals surface area (Å²) in [5.41, 5.74) is 1.12. The van der Waals surface area contributed by atoms with Crippen molar-refractivity contribution in [2.45, 2.75) is 24.9 Å². The van der Waals surface area contributed by atoms with Gasteiger partial charge >= 0.3 is 6.18 Å². The zero-order valence-corrected chi connectivity index (χ0v) is 17.8. The van der Waals surface area contributed by atoms with Crippen molar-refractivity contribution in [2.24, 2.45) is 0 Å². The molecule has 3 aromatic rings. The molecule has 0 aliphatic carbocycles. The molecule has 1 fully saturated rings. The van der Waals surface area contributed by atoms with Crippen LogP contribution in [0.15, 0.2) is 47.4 Å². The third-order valence-corrected chi connectivity index (χ3v) is 7.07. The molecule has 0 unspecified atom stereocenters. The molecule has 31 heavy (non-hydrogen) atoms. The van der Waals surface area contributed by atoms with Crippen LogP contribution < -0.4 is 4.90 Å². The van der Waals surface area contributed by atoms with Gasteiger partial charge in [-0.3, -0.25) is 0 Å². The maximum Gasteiger partial charge on any atom is 0.437 e. The molecule has 164 valence electrons. The number of benzene rings is 2. The molecule has 1 aromatic heterocycles. The molecule has 10 heteroatoms. The lowest BCUT2D eigenvalue weighted by Crippen LogP contribution is -2.49. The maximum atomic E-state index is 13.7. The summed E-state index contributed by atoms with van der Waals surface area (Å²) in [7, 11) is -3.74. The molecule has 2 aromatic carbocycles. The van der Waals surface area contributed by atoms with E-state index in [0.717, 1.165) is 11.1 Å². The number of aryl methyl sites for hydroxylation is 2. The van der Waals surface area contributed by atoms with Crippen molar-refractivity contribution in [1.82, 2.24) is 14.3 Å². The molecular formula is C21H21F3N4O2S. The third-order valence-electron chi connectivity index (χ3n) is 5.19. The van der Waals surface area contributed by atoms with Gasteiger partial charge in [-0.2, -0.15) is 17.5 Å². The van der Waals surface area contributed by atoms with Gasteiger partial charge in [0.1, 0.15) is 0 Å². The van der Waals surface area contributed by atoms with Gasteiger partial charge in [0.2, 0.25) is 10.0 Å². The Labute approximate surface area is 178 Å². The monoisotopic (exact) mass is 450 g/mol. The fraction of sp³-hybridized carbons (Fsp3) is 0.333. The van der Waals surface area contributed by atoms with Crippen LogP contribution in [0.2, 0.25) is 0 Å². The summed E-state index contributed by atoms with van der Waals surface area (Å²) >= 11 is 0. The highest BCUT2D eigenvalue weighted by molar-refractivity contribution is 7.89. The van der Waals surface area contributed by atoms with Gasteiger partial charge < -0.3 is 4.90 Å². The third kappa shape index (κ3) is 4.22. The first-order chi connectivity index (χ1) is 14.6. The molecule has 1 aliphatic rings. The molecule has 0 radical (unpaired) electrons. The Morgan fingerprint density at radius 1 is 0.871 bits per heavy atom. The van der Waals surface area contributed by atoms with Crippen molar-refractivity contribution >= 4 is 26.9 Å². The summed E-state index contributed by atoms with van der Waals surface area (Å²) in [6, 6.07) is 11.5. The predicted octanol–water partition coefficient (Wildman–Crippen LogP) is 3.78. The van der Waals surface area contributed by atoms with Gasteiger partial charge in [-0.15, -0.1) is 0 Å². The number of nitrogens with zero attached hydrogens (tertiary/aromatic N) is 4. The zero-order valence-electron chi connectivity index (χ0n) is 17.0. The normalized spacial score (nSPS) is 16.1. The van der Waals surface area contributed by atoms with Crippen LogP contribution in [0.25, 0.3) is 11.0 Å². The van der Waals surface area contributed by atoms with Crippen molar-refractivity contribution in [2.75, 3.05) is 31.1 Å². The Morgan fingerprint density at radius 3 is 1.97 bits per heavy atom. The van der Waals surface area contributed by atoms with Gasteiger partial charge in [0, 0.05) is 26.2 Å². The molecule has 2 heterocycles. The summed E-state index contributed by atoms with van der Waals surface area (Å²) < 4.78 is 68.4. The van der Waals surface area contributed by atoms with E-state index >= 15 is 0 Å². The minimum absolute atomic E-state index is 0.0567. The van der Waals surface area contributed by atoms with Crippen LogP contribution >= 0.6 is 0 Å². The summed E-state index contributed by atoms with van der Waals surface area (Å²) in [6.45, 7) is 3.92. The first-order valence-corrected chi connectivity index (χ1v) is 11.2. The lowest BCUT2D eigenvalue weighted by atomic mass is 10.2. The molecule has 0 atom stereocenters. The number of aromatic nitrogens is 2. The molecule has 1 saturated heterocycles. The second-order valence-corrected chi connectivity index (χ2v) is 9.53. The van der Waals surface area contributed by atoms with E-state index in [9.17, 15) is 21.6 Å². The Hall–Kier alpha value is -2.72. The minimum Gasteiger partial charge on any atom is -0.352 e. The number of para-hydroxylation sites is 2. The minimum atomic E-state index is -4.67. The molecule has 1 aliphatic heterocycles. The lowest BCUT2D eigenvalue weighted by molar-refractivity contribution is -0.140. The van der Waals surface area contributed by atoms with Gasteiger partial charge in [-0.05, 0) is 49.2 Å². The van der Waals surface area contributed by atoms with Gasteiger partial charge in [0.15, 0.2) is 11.5 Å². The largest absolute Gasteiger partial charge is 0.437 e. The maximum absolute atomic E-state index is 13.7. The van der Waals surface area contributed by atoms with E-state index in [2.05, 4.69) is 9.97 Å². The van der Waals surface area contributed by atoms with E-state index in [1.54, 1.807) is 30.3 Å². The van der Waals surface area contributed by atoms with E-state index in [4.69, 9.17) is 0 Å². The van der Waals surface area contributed by atoms with Gasteiger partial charge in [-0.25, -0.2) is 18.4 Å². The number of rotatable bonds is 3. The number of halogens is 3. The van der Waals surface area contributed by atoms with Crippen LogP contribution in [-0.4, -0.2) is 48.9 Å². The van der Waals surface area contributed by atoms with Crippen LogP contribution in [0.1, 0.15) is 16.8 Å². The van der Waals surface area contributed by atoms with Crippen molar-refractivity contribution < 1.29 is 21.6 Å². The molecule has 0 N–H and O–H groups in total. The van der Waals surface area contributed by atoms with Crippen molar-refractivity contribution in [3.8, 4) is 0 Å². The highest BCUT2D eigenvalue weighted by atomic mass is 32.2. The quantitative estimate of drug-likeness (QED) is 0.608. The summed E-state index contributed by atoms with van der Waals surface area (Å²) in [6.07, 6.45) is -4.67. The Bertz CT molecular complexity index is 1220. The number of piperazine rings is 1. The Kier molecular flexibility index (Phi) is 5.38. The number of sulfonamides is 1. The number of hydrogen-bond donors (Lipinski definition) is 0. The molecule has 6 nitrogen and oxygen atoms in total. The molecule has 0 saturated carbocycles. The van der Waals surface area contributed by atoms with Gasteiger partial charge in [0.05, 0.1) is 15.9 Å². The Morgan fingerprint density at radius 2 is 1.42 bits per heavy atom. The average Bonchev–Trinajstić information content (AvgIpc) is 2.71. The second kappa shape index (κ2) is 7.76. The highest BCUT2D eigenvalue weighted by Crippen LogP contribution is 2.36. The topological polar surface area (TPSA) is 66.4 Å². The van der Waals surface area contributed by atoms with Crippen molar-refractivity contribution in [3.05, 3.63) is 59.3 Å². The number of hydrogen-bond acceptors (Lipinski definition) is 5. The lowest BCUT2D eigenvalue weighted by Gasteiger charge is -2.35. The van der Waals surface area contributed by atoms with E-state index in [0.29, 0.717) is 5.52 Å². The number of anilines is 1. The van der Waals surface area contributed by atoms with Gasteiger partial charge in [-0.1, -0.05) is 18.2 Å². The molecule has 0 amide bonds. The van der Waals surface area contributed by atoms with E-state index in [1.807, 2.05) is 19.9 Å². The highest BCUT2D eigenvalue weighted by Gasteiger charge is 2.39. The first-order valence-electron chi connectivity index (χ1n) is 9.73. The molecule has 0 spiro atoms. The van der Waals surface area contributed by atoms with Crippen LogP contribution in [0.4, 0.5) is 19.0 Å². The predicted molar refractivity (Wildman–Crippen MR) is 111 cm³/mol. The van der Waals surface area contributed by atoms with E-state index < -0.39 is 21.9 Å². The van der Waals surface area contributed by atoms with Gasteiger partial charge in [0.25, 0.3) is 0 Å². The van der Waals surface area contributed by atoms with E-state index in [-0.39, 0.29) is 42.4 Å². The molecular weight excluding hydrogens is 429 g/mol. The average molecular weight is 450 g/mol. The molecule has 0 bridgehead atoms. The second-order valence-electron chi connectivity index (χ2n) is 7.60. The fourth-order valence-electron chi connectivity index (χ4n) is 3.77. The number of alkyl halides is 3. The summed E-state index contributed by atoms with van der Waals surface area (Å²) in [5.74, 6) is -0.269. The van der Waals surface area contributed by atoms with Crippen LogP contribution in [0.3, 0.4) is 0 Å². The standard InChI is InChI=1S/C21H21F3N4O2S/c1-14-11-15(2)13-16(12-14)31(29,30)28-9-7-27(8-10-28)20-19(21(22,23)24)25-17-5-3-4-6-18(17)26-20/h3-6,11-13H,7-10H2,1-2H3. The first kappa shape index (κ1) is 21.5. The van der Waals surface area contributed by atoms with Crippen molar-refractivity contribution in [1.29, 1.82) is 0 Å². The molecule has 4 rings (SSSR count). The van der Waals surface area contributed by atoms with Crippen molar-refractivity contribution in [3.63, 3.8) is 0 Å². The summed E-state index contributed by atoms with van der Waals surface area (Å²) in [5, 5.41) is 0. The smallest absolute Gasteiger partial charge is 0.352 e. The van der Waals surface area contributed by atoms with Crippen LogP contribution in [-0.2, 0) is 16.2 Å². The summed E-state index contributed by atoms with van der Waals surface area (Å²) in [4.78, 5) is 9.65. The number of fused-ring (bicyclic) bond motifs is 1. The SMILES string of the molecule is Cc1cc(C)cc(S(=O)(=O)N2CCN(c3nc4ccccc4nc3C(F)(F)F)CC2)c1. The van der Waals surface area contributed by atoms with Crippen LogP contribution in [0, 0.1) is 13.8 Å². The van der Waals surface area contributed by atoms with E-state index in [1.165, 1.54) is 15.3 Å². The Balaban J connectivity index is 1.62. The van der Waals surface area contributed by atoms with Crippen LogP contribution in [0.5, 0.6) is 0 Å².